The molecular weight excluding hydrogens is 475 g/mol. The zero-order valence-electron chi connectivity index (χ0n) is 19.2. The van der Waals surface area contributed by atoms with Gasteiger partial charge in [0.1, 0.15) is 29.5 Å². The van der Waals surface area contributed by atoms with Crippen molar-refractivity contribution < 1.29 is 32.2 Å². The van der Waals surface area contributed by atoms with Crippen LogP contribution in [0, 0.1) is 0 Å². The number of ether oxygens (including phenoxy) is 3. The molecule has 5 rings (SSSR count). The van der Waals surface area contributed by atoms with E-state index in [1.54, 1.807) is 80.8 Å². The van der Waals surface area contributed by atoms with Gasteiger partial charge >= 0.3 is 6.36 Å². The average molecular weight is 495 g/mol. The molecule has 0 fully saturated rings. The van der Waals surface area contributed by atoms with Gasteiger partial charge in [-0.25, -0.2) is 4.98 Å². The maximum absolute atomic E-state index is 13.1. The molecule has 36 heavy (non-hydrogen) atoms. The van der Waals surface area contributed by atoms with Gasteiger partial charge in [-0.2, -0.15) is 0 Å². The first-order chi connectivity index (χ1) is 17.1. The van der Waals surface area contributed by atoms with Crippen LogP contribution in [0.5, 0.6) is 11.6 Å². The Morgan fingerprint density at radius 1 is 1.00 bits per heavy atom. The lowest BCUT2D eigenvalue weighted by Gasteiger charge is -2.17. The Bertz CT molecular complexity index is 1460. The molecule has 0 unspecified atom stereocenters. The minimum absolute atomic E-state index is 0.00796. The molecule has 0 saturated heterocycles. The highest BCUT2D eigenvalue weighted by molar-refractivity contribution is 6.32. The summed E-state index contributed by atoms with van der Waals surface area (Å²) in [5.41, 5.74) is 1.04. The van der Waals surface area contributed by atoms with Gasteiger partial charge < -0.3 is 14.2 Å². The van der Waals surface area contributed by atoms with Crippen molar-refractivity contribution in [1.29, 1.82) is 0 Å². The first kappa shape index (κ1) is 23.4. The molecule has 0 atom stereocenters. The number of benzene rings is 1. The minimum atomic E-state index is -4.88. The number of pyridine rings is 2. The summed E-state index contributed by atoms with van der Waals surface area (Å²) in [7, 11) is 0. The predicted octanol–water partition coefficient (Wildman–Crippen LogP) is 5.45. The SMILES string of the molecule is CC1(C)OC(c2ccncc2)=C(c2ccc(OCc3nc4ccccn4c3OC(F)(F)F)cc2)C1=O. The minimum Gasteiger partial charge on any atom is -0.487 e. The van der Waals surface area contributed by atoms with Crippen LogP contribution in [0.4, 0.5) is 13.2 Å². The Hall–Kier alpha value is -4.34. The second-order valence-electron chi connectivity index (χ2n) is 8.53. The van der Waals surface area contributed by atoms with Crippen molar-refractivity contribution in [3.63, 3.8) is 0 Å². The molecule has 1 aromatic carbocycles. The summed E-state index contributed by atoms with van der Waals surface area (Å²) >= 11 is 0. The lowest BCUT2D eigenvalue weighted by molar-refractivity contribution is -0.276. The molecule has 0 N–H and O–H groups in total. The van der Waals surface area contributed by atoms with Gasteiger partial charge in [0.25, 0.3) is 0 Å². The zero-order valence-corrected chi connectivity index (χ0v) is 19.2. The second kappa shape index (κ2) is 8.71. The number of Topliss-reactive ketones (excluding diaryl/α,β-unsaturated/α-hetero) is 1. The number of fused-ring (bicyclic) bond motifs is 1. The van der Waals surface area contributed by atoms with Crippen molar-refractivity contribution in [3.8, 4) is 11.6 Å². The molecule has 0 amide bonds. The van der Waals surface area contributed by atoms with Crippen molar-refractivity contribution in [2.75, 3.05) is 0 Å². The molecule has 7 nitrogen and oxygen atoms in total. The van der Waals surface area contributed by atoms with Crippen LogP contribution in [0.3, 0.4) is 0 Å². The Balaban J connectivity index is 1.41. The molecule has 184 valence electrons. The lowest BCUT2D eigenvalue weighted by Crippen LogP contribution is -2.29. The molecule has 1 aliphatic rings. The Morgan fingerprint density at radius 2 is 1.72 bits per heavy atom. The molecule has 0 bridgehead atoms. The van der Waals surface area contributed by atoms with Crippen molar-refractivity contribution in [1.82, 2.24) is 14.4 Å². The van der Waals surface area contributed by atoms with Crippen molar-refractivity contribution in [2.45, 2.75) is 32.4 Å². The van der Waals surface area contributed by atoms with Crippen molar-refractivity contribution in [3.05, 3.63) is 90.0 Å². The van der Waals surface area contributed by atoms with E-state index in [0.29, 0.717) is 28.3 Å². The molecule has 4 aromatic rings. The van der Waals surface area contributed by atoms with Gasteiger partial charge in [0.05, 0.1) is 5.57 Å². The lowest BCUT2D eigenvalue weighted by atomic mass is 9.93. The highest BCUT2D eigenvalue weighted by Gasteiger charge is 2.42. The standard InChI is InChI=1S/C26H20F3N3O4/c1-25(2)23(33)21(22(35-25)17-10-12-30-13-11-17)16-6-8-18(9-7-16)34-15-19-24(36-26(27,28)29)32-14-4-3-5-20(32)31-19/h3-14H,15H2,1-2H3. The van der Waals surface area contributed by atoms with Gasteiger partial charge in [-0.3, -0.25) is 14.2 Å². The molecule has 1 aliphatic heterocycles. The van der Waals surface area contributed by atoms with E-state index in [0.717, 1.165) is 5.56 Å². The predicted molar refractivity (Wildman–Crippen MR) is 124 cm³/mol. The van der Waals surface area contributed by atoms with E-state index in [1.165, 1.54) is 10.6 Å². The Kier molecular flexibility index (Phi) is 5.66. The number of hydrogen-bond donors (Lipinski definition) is 0. The van der Waals surface area contributed by atoms with E-state index < -0.39 is 17.8 Å². The van der Waals surface area contributed by atoms with E-state index in [-0.39, 0.29) is 18.1 Å². The van der Waals surface area contributed by atoms with Crippen LogP contribution in [0.15, 0.2) is 73.2 Å². The van der Waals surface area contributed by atoms with Crippen LogP contribution in [-0.4, -0.2) is 32.1 Å². The number of alkyl halides is 3. The fraction of sp³-hybridized carbons (Fsp3) is 0.192. The number of imidazole rings is 1. The number of ketones is 1. The molecule has 0 spiro atoms. The topological polar surface area (TPSA) is 75.0 Å². The highest BCUT2D eigenvalue weighted by Crippen LogP contribution is 2.41. The molecule has 0 radical (unpaired) electrons. The van der Waals surface area contributed by atoms with Crippen molar-refractivity contribution >= 4 is 22.8 Å². The summed E-state index contributed by atoms with van der Waals surface area (Å²) in [4.78, 5) is 21.3. The number of aromatic nitrogens is 3. The summed E-state index contributed by atoms with van der Waals surface area (Å²) in [5.74, 6) is 0.213. The smallest absolute Gasteiger partial charge is 0.487 e. The summed E-state index contributed by atoms with van der Waals surface area (Å²) in [6.45, 7) is 3.15. The number of carbonyl (C=O) groups excluding carboxylic acids is 1. The molecular formula is C26H20F3N3O4. The van der Waals surface area contributed by atoms with Gasteiger partial charge in [0.15, 0.2) is 5.60 Å². The van der Waals surface area contributed by atoms with Crippen LogP contribution in [0.2, 0.25) is 0 Å². The van der Waals surface area contributed by atoms with Crippen LogP contribution in [-0.2, 0) is 16.1 Å². The first-order valence-electron chi connectivity index (χ1n) is 11.0. The Labute approximate surface area is 203 Å². The van der Waals surface area contributed by atoms with Gasteiger partial charge in [0.2, 0.25) is 11.7 Å². The van der Waals surface area contributed by atoms with Crippen LogP contribution in [0.25, 0.3) is 17.0 Å². The zero-order chi connectivity index (χ0) is 25.5. The molecule has 4 heterocycles. The summed E-state index contributed by atoms with van der Waals surface area (Å²) in [6, 6.07) is 15.0. The quantitative estimate of drug-likeness (QED) is 0.354. The van der Waals surface area contributed by atoms with Crippen LogP contribution in [0.1, 0.15) is 30.7 Å². The first-order valence-corrected chi connectivity index (χ1v) is 11.0. The van der Waals surface area contributed by atoms with E-state index >= 15 is 0 Å². The van der Waals surface area contributed by atoms with Crippen molar-refractivity contribution in [2.24, 2.45) is 0 Å². The van der Waals surface area contributed by atoms with Gasteiger partial charge in [-0.05, 0) is 55.8 Å². The number of nitrogens with zero attached hydrogens (tertiary/aromatic N) is 3. The van der Waals surface area contributed by atoms with E-state index in [2.05, 4.69) is 14.7 Å². The van der Waals surface area contributed by atoms with Crippen LogP contribution < -0.4 is 9.47 Å². The third-order valence-electron chi connectivity index (χ3n) is 5.59. The van der Waals surface area contributed by atoms with Gasteiger partial charge in [-0.1, -0.05) is 18.2 Å². The monoisotopic (exact) mass is 495 g/mol. The third-order valence-corrected chi connectivity index (χ3v) is 5.59. The molecule has 10 heteroatoms. The molecule has 0 saturated carbocycles. The largest absolute Gasteiger partial charge is 0.574 e. The number of rotatable bonds is 6. The fourth-order valence-corrected chi connectivity index (χ4v) is 3.93. The summed E-state index contributed by atoms with van der Waals surface area (Å²) in [6.07, 6.45) is -0.220. The van der Waals surface area contributed by atoms with E-state index in [1.807, 2.05) is 0 Å². The van der Waals surface area contributed by atoms with Gasteiger partial charge in [0, 0.05) is 24.2 Å². The maximum atomic E-state index is 13.1. The second-order valence-corrected chi connectivity index (χ2v) is 8.53. The van der Waals surface area contributed by atoms with E-state index in [4.69, 9.17) is 9.47 Å². The van der Waals surface area contributed by atoms with E-state index in [9.17, 15) is 18.0 Å². The number of halogens is 3. The summed E-state index contributed by atoms with van der Waals surface area (Å²) < 4.78 is 56.0. The Morgan fingerprint density at radius 3 is 2.42 bits per heavy atom. The highest BCUT2D eigenvalue weighted by atomic mass is 19.4. The fourth-order valence-electron chi connectivity index (χ4n) is 3.93. The number of carbonyl (C=O) groups is 1. The van der Waals surface area contributed by atoms with Gasteiger partial charge in [-0.15, -0.1) is 13.2 Å². The van der Waals surface area contributed by atoms with Crippen LogP contribution >= 0.6 is 0 Å². The third kappa shape index (κ3) is 4.49. The molecule has 3 aromatic heterocycles. The normalized spacial score (nSPS) is 15.3. The molecule has 0 aliphatic carbocycles. The maximum Gasteiger partial charge on any atom is 0.574 e. The average Bonchev–Trinajstić information content (AvgIpc) is 3.31. The number of hydrogen-bond acceptors (Lipinski definition) is 6. The summed E-state index contributed by atoms with van der Waals surface area (Å²) in [5, 5.41) is 0.